The van der Waals surface area contributed by atoms with E-state index in [-0.39, 0.29) is 18.9 Å². The Morgan fingerprint density at radius 3 is 2.10 bits per heavy atom. The zero-order valence-electron chi connectivity index (χ0n) is 13.1. The van der Waals surface area contributed by atoms with Crippen LogP contribution >= 0.6 is 0 Å². The zero-order valence-corrected chi connectivity index (χ0v) is 13.1. The van der Waals surface area contributed by atoms with Gasteiger partial charge in [-0.15, -0.1) is 0 Å². The highest BCUT2D eigenvalue weighted by atomic mass is 19.1. The molecule has 5 nitrogen and oxygen atoms in total. The molecule has 2 amide bonds. The number of alkyl carbamates (subject to hydrolysis) is 1. The molecule has 2 N–H and O–H groups in total. The van der Waals surface area contributed by atoms with E-state index < -0.39 is 23.9 Å². The summed E-state index contributed by atoms with van der Waals surface area (Å²) in [5.74, 6) is -0.304. The van der Waals surface area contributed by atoms with Crippen molar-refractivity contribution < 1.29 is 18.7 Å². The van der Waals surface area contributed by atoms with Crippen molar-refractivity contribution in [3.63, 3.8) is 0 Å². The molecule has 0 aliphatic heterocycles. The van der Waals surface area contributed by atoms with E-state index in [2.05, 4.69) is 10.6 Å². The predicted molar refractivity (Wildman–Crippen MR) is 76.3 cm³/mol. The summed E-state index contributed by atoms with van der Waals surface area (Å²) in [6, 6.07) is 0. The van der Waals surface area contributed by atoms with Gasteiger partial charge in [-0.05, 0) is 40.0 Å². The van der Waals surface area contributed by atoms with Crippen LogP contribution in [0.25, 0.3) is 0 Å². The van der Waals surface area contributed by atoms with Crippen molar-refractivity contribution in [1.29, 1.82) is 0 Å². The molecule has 0 saturated heterocycles. The van der Waals surface area contributed by atoms with Crippen LogP contribution in [0.15, 0.2) is 0 Å². The lowest BCUT2D eigenvalue weighted by molar-refractivity contribution is -0.128. The fourth-order valence-corrected chi connectivity index (χ4v) is 1.74. The number of nitrogens with one attached hydrogen (secondary N) is 2. The molecule has 0 aromatic carbocycles. The molecule has 0 aliphatic carbocycles. The van der Waals surface area contributed by atoms with Crippen molar-refractivity contribution in [3.05, 3.63) is 0 Å². The second kappa shape index (κ2) is 8.07. The fourth-order valence-electron chi connectivity index (χ4n) is 1.74. The molecule has 0 rings (SSSR count). The molecule has 118 valence electrons. The third-order valence-electron chi connectivity index (χ3n) is 2.98. The Bertz CT molecular complexity index is 323. The van der Waals surface area contributed by atoms with E-state index in [0.717, 1.165) is 0 Å². The summed E-state index contributed by atoms with van der Waals surface area (Å²) >= 11 is 0. The maximum absolute atomic E-state index is 12.2. The highest BCUT2D eigenvalue weighted by molar-refractivity contribution is 5.89. The molecule has 0 aromatic heterocycles. The molecule has 0 unspecified atom stereocenters. The maximum atomic E-state index is 12.2. The molecule has 20 heavy (non-hydrogen) atoms. The van der Waals surface area contributed by atoms with Crippen molar-refractivity contribution in [2.24, 2.45) is 0 Å². The third kappa shape index (κ3) is 6.21. The summed E-state index contributed by atoms with van der Waals surface area (Å²) in [6.45, 7) is 8.68. The second-order valence-corrected chi connectivity index (χ2v) is 5.71. The van der Waals surface area contributed by atoms with E-state index in [4.69, 9.17) is 4.74 Å². The van der Waals surface area contributed by atoms with Gasteiger partial charge in [0.1, 0.15) is 11.1 Å². The molecule has 0 saturated carbocycles. The van der Waals surface area contributed by atoms with Gasteiger partial charge in [0.25, 0.3) is 0 Å². The SMILES string of the molecule is CCC(CC)(NC(=O)OC(C)(C)C)C(=O)NCCCF. The summed E-state index contributed by atoms with van der Waals surface area (Å²) in [6.07, 6.45) is 0.512. The normalized spacial score (nSPS) is 11.9. The van der Waals surface area contributed by atoms with E-state index in [0.29, 0.717) is 12.8 Å². The summed E-state index contributed by atoms with van der Waals surface area (Å²) in [7, 11) is 0. The minimum atomic E-state index is -1.02. The number of hydrogen-bond acceptors (Lipinski definition) is 3. The number of halogens is 1. The Morgan fingerprint density at radius 2 is 1.70 bits per heavy atom. The number of carbonyl (C=O) groups is 2. The first-order valence-corrected chi connectivity index (χ1v) is 7.06. The first-order valence-electron chi connectivity index (χ1n) is 7.06. The van der Waals surface area contributed by atoms with Crippen LogP contribution in [0.3, 0.4) is 0 Å². The van der Waals surface area contributed by atoms with Crippen LogP contribution < -0.4 is 10.6 Å². The smallest absolute Gasteiger partial charge is 0.408 e. The molecular formula is C14H27FN2O3. The Hall–Kier alpha value is -1.33. The van der Waals surface area contributed by atoms with Gasteiger partial charge in [-0.2, -0.15) is 0 Å². The van der Waals surface area contributed by atoms with Gasteiger partial charge in [-0.25, -0.2) is 4.79 Å². The van der Waals surface area contributed by atoms with Crippen LogP contribution in [-0.2, 0) is 9.53 Å². The second-order valence-electron chi connectivity index (χ2n) is 5.71. The van der Waals surface area contributed by atoms with Crippen molar-refractivity contribution in [3.8, 4) is 0 Å². The molecular weight excluding hydrogens is 263 g/mol. The molecule has 6 heteroatoms. The molecule has 0 fully saturated rings. The van der Waals surface area contributed by atoms with Gasteiger partial charge in [0, 0.05) is 6.54 Å². The molecule has 0 aliphatic rings. The van der Waals surface area contributed by atoms with Crippen LogP contribution in [0.4, 0.5) is 9.18 Å². The van der Waals surface area contributed by atoms with Gasteiger partial charge in [-0.3, -0.25) is 9.18 Å². The minimum absolute atomic E-state index is 0.257. The van der Waals surface area contributed by atoms with Crippen LogP contribution in [0.5, 0.6) is 0 Å². The standard InChI is InChI=1S/C14H27FN2O3/c1-6-14(7-2,11(18)16-10-8-9-15)17-12(19)20-13(3,4)5/h6-10H2,1-5H3,(H,16,18)(H,17,19). The monoisotopic (exact) mass is 290 g/mol. The number of rotatable bonds is 7. The quantitative estimate of drug-likeness (QED) is 0.708. The zero-order chi connectivity index (χ0) is 15.8. The average Bonchev–Trinajstić information content (AvgIpc) is 2.34. The summed E-state index contributed by atoms with van der Waals surface area (Å²) in [5, 5.41) is 5.29. The number of hydrogen-bond donors (Lipinski definition) is 2. The maximum Gasteiger partial charge on any atom is 0.408 e. The van der Waals surface area contributed by atoms with Crippen LogP contribution in [-0.4, -0.2) is 36.4 Å². The lowest BCUT2D eigenvalue weighted by Gasteiger charge is -2.32. The molecule has 0 bridgehead atoms. The van der Waals surface area contributed by atoms with E-state index >= 15 is 0 Å². The van der Waals surface area contributed by atoms with E-state index in [1.54, 1.807) is 20.8 Å². The summed E-state index contributed by atoms with van der Waals surface area (Å²) in [5.41, 5.74) is -1.64. The van der Waals surface area contributed by atoms with Gasteiger partial charge in [0.15, 0.2) is 0 Å². The Kier molecular flexibility index (Phi) is 7.53. The molecule has 0 heterocycles. The van der Waals surface area contributed by atoms with E-state index in [1.165, 1.54) is 0 Å². The molecule has 0 radical (unpaired) electrons. The molecule has 0 atom stereocenters. The van der Waals surface area contributed by atoms with Gasteiger partial charge >= 0.3 is 6.09 Å². The Balaban J connectivity index is 4.74. The highest BCUT2D eigenvalue weighted by Crippen LogP contribution is 2.17. The predicted octanol–water partition coefficient (Wildman–Crippen LogP) is 2.55. The van der Waals surface area contributed by atoms with E-state index in [9.17, 15) is 14.0 Å². The van der Waals surface area contributed by atoms with Gasteiger partial charge < -0.3 is 15.4 Å². The van der Waals surface area contributed by atoms with Crippen molar-refractivity contribution >= 4 is 12.0 Å². The van der Waals surface area contributed by atoms with Gasteiger partial charge in [-0.1, -0.05) is 13.8 Å². The van der Waals surface area contributed by atoms with Gasteiger partial charge in [0.2, 0.25) is 5.91 Å². The lowest BCUT2D eigenvalue weighted by atomic mass is 9.91. The molecule has 0 spiro atoms. The van der Waals surface area contributed by atoms with Crippen LogP contribution in [0.2, 0.25) is 0 Å². The first-order chi connectivity index (χ1) is 9.20. The third-order valence-corrected chi connectivity index (χ3v) is 2.98. The lowest BCUT2D eigenvalue weighted by Crippen LogP contribution is -2.59. The summed E-state index contributed by atoms with van der Waals surface area (Å²) in [4.78, 5) is 24.1. The van der Waals surface area contributed by atoms with Gasteiger partial charge in [0.05, 0.1) is 6.67 Å². The van der Waals surface area contributed by atoms with Crippen molar-refractivity contribution in [2.75, 3.05) is 13.2 Å². The van der Waals surface area contributed by atoms with E-state index in [1.807, 2.05) is 13.8 Å². The van der Waals surface area contributed by atoms with Crippen molar-refractivity contribution in [1.82, 2.24) is 10.6 Å². The highest BCUT2D eigenvalue weighted by Gasteiger charge is 2.37. The number of amides is 2. The number of ether oxygens (including phenoxy) is 1. The minimum Gasteiger partial charge on any atom is -0.444 e. The Labute approximate surface area is 120 Å². The van der Waals surface area contributed by atoms with Crippen molar-refractivity contribution in [2.45, 2.75) is 65.0 Å². The van der Waals surface area contributed by atoms with Crippen LogP contribution in [0, 0.1) is 0 Å². The number of carbonyl (C=O) groups excluding carboxylic acids is 2. The molecule has 0 aromatic rings. The fraction of sp³-hybridized carbons (Fsp3) is 0.857. The number of alkyl halides is 1. The largest absolute Gasteiger partial charge is 0.444 e. The van der Waals surface area contributed by atoms with Crippen LogP contribution in [0.1, 0.15) is 53.9 Å². The Morgan fingerprint density at radius 1 is 1.15 bits per heavy atom. The average molecular weight is 290 g/mol. The topological polar surface area (TPSA) is 67.4 Å². The first kappa shape index (κ1) is 18.7. The summed E-state index contributed by atoms with van der Waals surface area (Å²) < 4.78 is 17.2.